The number of aryl methyl sites for hydroxylation is 1. The van der Waals surface area contributed by atoms with E-state index in [0.29, 0.717) is 5.57 Å². The first-order valence-corrected chi connectivity index (χ1v) is 7.31. The molecular weight excluding hydrogens is 272 g/mol. The van der Waals surface area contributed by atoms with Gasteiger partial charge in [-0.1, -0.05) is 55.1 Å². The third-order valence-corrected chi connectivity index (χ3v) is 4.01. The molecule has 0 aliphatic rings. The maximum Gasteiger partial charge on any atom is 0.333 e. The van der Waals surface area contributed by atoms with E-state index in [-0.39, 0.29) is 12.6 Å². The van der Waals surface area contributed by atoms with Crippen LogP contribution in [-0.4, -0.2) is 5.97 Å². The Hall–Kier alpha value is -2.61. The highest BCUT2D eigenvalue weighted by molar-refractivity contribution is 6.05. The molecule has 0 N–H and O–H groups in total. The monoisotopic (exact) mass is 290 g/mol. The molecule has 0 amide bonds. The van der Waals surface area contributed by atoms with Crippen molar-refractivity contribution in [2.75, 3.05) is 0 Å². The minimum absolute atomic E-state index is 0.257. The van der Waals surface area contributed by atoms with Gasteiger partial charge in [0.2, 0.25) is 0 Å². The second kappa shape index (κ2) is 5.64. The fraction of sp³-hybridized carbons (Fsp3) is 0.150. The predicted molar refractivity (Wildman–Crippen MR) is 90.8 cm³/mol. The van der Waals surface area contributed by atoms with Crippen LogP contribution in [0.15, 0.2) is 60.7 Å². The minimum atomic E-state index is -0.353. The average Bonchev–Trinajstić information content (AvgIpc) is 2.54. The third-order valence-electron chi connectivity index (χ3n) is 4.01. The zero-order chi connectivity index (χ0) is 15.7. The maximum absolute atomic E-state index is 11.7. The summed E-state index contributed by atoms with van der Waals surface area (Å²) < 4.78 is 5.41. The summed E-state index contributed by atoms with van der Waals surface area (Å²) in [5, 5.41) is 4.66. The summed E-state index contributed by atoms with van der Waals surface area (Å²) in [5.41, 5.74) is 2.72. The highest BCUT2D eigenvalue weighted by Gasteiger charge is 2.12. The molecule has 0 saturated heterocycles. The van der Waals surface area contributed by atoms with Gasteiger partial charge in [0, 0.05) is 11.1 Å². The molecule has 22 heavy (non-hydrogen) atoms. The van der Waals surface area contributed by atoms with E-state index in [1.807, 2.05) is 24.3 Å². The fourth-order valence-corrected chi connectivity index (χ4v) is 2.85. The Bertz CT molecular complexity index is 834. The van der Waals surface area contributed by atoms with Gasteiger partial charge in [-0.25, -0.2) is 4.79 Å². The number of benzene rings is 3. The van der Waals surface area contributed by atoms with E-state index >= 15 is 0 Å². The molecule has 3 rings (SSSR count). The van der Waals surface area contributed by atoms with Crippen molar-refractivity contribution in [1.82, 2.24) is 0 Å². The topological polar surface area (TPSA) is 26.3 Å². The van der Waals surface area contributed by atoms with Gasteiger partial charge in [0.05, 0.1) is 0 Å². The lowest BCUT2D eigenvalue weighted by atomic mass is 9.93. The Morgan fingerprint density at radius 2 is 1.41 bits per heavy atom. The number of ether oxygens (including phenoxy) is 1. The first-order chi connectivity index (χ1) is 10.6. The van der Waals surface area contributed by atoms with Crippen molar-refractivity contribution >= 4 is 27.5 Å². The van der Waals surface area contributed by atoms with E-state index in [0.717, 1.165) is 16.3 Å². The van der Waals surface area contributed by atoms with Crippen molar-refractivity contribution in [2.24, 2.45) is 0 Å². The van der Waals surface area contributed by atoms with Crippen LogP contribution in [0.2, 0.25) is 0 Å². The van der Waals surface area contributed by atoms with Gasteiger partial charge >= 0.3 is 5.97 Å². The Kier molecular flexibility index (Phi) is 3.68. The van der Waals surface area contributed by atoms with Crippen LogP contribution in [0.25, 0.3) is 21.5 Å². The van der Waals surface area contributed by atoms with Crippen molar-refractivity contribution in [3.05, 3.63) is 71.8 Å². The molecule has 2 heteroatoms. The van der Waals surface area contributed by atoms with Gasteiger partial charge in [-0.15, -0.1) is 0 Å². The largest absolute Gasteiger partial charge is 0.457 e. The number of rotatable bonds is 3. The number of carbonyl (C=O) groups excluding carboxylic acids is 1. The van der Waals surface area contributed by atoms with Crippen LogP contribution < -0.4 is 0 Å². The molecule has 0 saturated carbocycles. The van der Waals surface area contributed by atoms with Crippen LogP contribution in [0, 0.1) is 6.92 Å². The van der Waals surface area contributed by atoms with Gasteiger partial charge in [0.25, 0.3) is 0 Å². The van der Waals surface area contributed by atoms with E-state index in [4.69, 9.17) is 4.74 Å². The van der Waals surface area contributed by atoms with E-state index in [9.17, 15) is 4.79 Å². The SMILES string of the molecule is C=C(C)C(=O)OCc1c2ccccc2c(C)c2ccccc12. The van der Waals surface area contributed by atoms with E-state index in [2.05, 4.69) is 37.8 Å². The highest BCUT2D eigenvalue weighted by Crippen LogP contribution is 2.32. The second-order valence-electron chi connectivity index (χ2n) is 5.55. The normalized spacial score (nSPS) is 10.8. The molecule has 0 aromatic heterocycles. The molecule has 0 spiro atoms. The molecule has 2 nitrogen and oxygen atoms in total. The van der Waals surface area contributed by atoms with Crippen LogP contribution >= 0.6 is 0 Å². The van der Waals surface area contributed by atoms with Crippen LogP contribution in [-0.2, 0) is 16.1 Å². The number of hydrogen-bond donors (Lipinski definition) is 0. The lowest BCUT2D eigenvalue weighted by molar-refractivity contribution is -0.140. The van der Waals surface area contributed by atoms with E-state index < -0.39 is 0 Å². The molecule has 0 unspecified atom stereocenters. The Labute approximate surface area is 130 Å². The quantitative estimate of drug-likeness (QED) is 0.389. The lowest BCUT2D eigenvalue weighted by Crippen LogP contribution is -2.06. The first-order valence-electron chi connectivity index (χ1n) is 7.31. The molecule has 0 heterocycles. The molecule has 3 aromatic carbocycles. The summed E-state index contributed by atoms with van der Waals surface area (Å²) in [7, 11) is 0. The summed E-state index contributed by atoms with van der Waals surface area (Å²) in [6.45, 7) is 7.68. The van der Waals surface area contributed by atoms with E-state index in [1.54, 1.807) is 6.92 Å². The summed E-state index contributed by atoms with van der Waals surface area (Å²) in [4.78, 5) is 11.7. The van der Waals surface area contributed by atoms with Crippen molar-refractivity contribution in [2.45, 2.75) is 20.5 Å². The number of esters is 1. The highest BCUT2D eigenvalue weighted by atomic mass is 16.5. The standard InChI is InChI=1S/C20H18O2/c1-13(2)20(21)22-12-19-17-10-6-4-8-15(17)14(3)16-9-5-7-11-18(16)19/h4-11H,1,12H2,2-3H3. The van der Waals surface area contributed by atoms with Gasteiger partial charge in [-0.2, -0.15) is 0 Å². The van der Waals surface area contributed by atoms with Crippen molar-refractivity contribution in [1.29, 1.82) is 0 Å². The molecule has 0 fully saturated rings. The first kappa shape index (κ1) is 14.3. The predicted octanol–water partition coefficient (Wildman–Crippen LogP) is 4.92. The van der Waals surface area contributed by atoms with Gasteiger partial charge in [0.15, 0.2) is 0 Å². The van der Waals surface area contributed by atoms with Gasteiger partial charge in [0.1, 0.15) is 6.61 Å². The van der Waals surface area contributed by atoms with Crippen LogP contribution in [0.4, 0.5) is 0 Å². The number of fused-ring (bicyclic) bond motifs is 2. The minimum Gasteiger partial charge on any atom is -0.457 e. The lowest BCUT2D eigenvalue weighted by Gasteiger charge is -2.15. The maximum atomic E-state index is 11.7. The smallest absolute Gasteiger partial charge is 0.333 e. The summed E-state index contributed by atoms with van der Waals surface area (Å²) in [6, 6.07) is 16.5. The summed E-state index contributed by atoms with van der Waals surface area (Å²) in [6.07, 6.45) is 0. The summed E-state index contributed by atoms with van der Waals surface area (Å²) >= 11 is 0. The van der Waals surface area contributed by atoms with Gasteiger partial charge < -0.3 is 4.74 Å². The van der Waals surface area contributed by atoms with Gasteiger partial charge in [-0.3, -0.25) is 0 Å². The summed E-state index contributed by atoms with van der Waals surface area (Å²) in [5.74, 6) is -0.353. The zero-order valence-electron chi connectivity index (χ0n) is 12.8. The molecule has 0 radical (unpaired) electrons. The van der Waals surface area contributed by atoms with Crippen molar-refractivity contribution in [3.63, 3.8) is 0 Å². The van der Waals surface area contributed by atoms with Crippen molar-refractivity contribution < 1.29 is 9.53 Å². The molecule has 0 aliphatic carbocycles. The molecule has 0 aliphatic heterocycles. The van der Waals surface area contributed by atoms with Crippen LogP contribution in [0.3, 0.4) is 0 Å². The number of carbonyl (C=O) groups is 1. The van der Waals surface area contributed by atoms with Crippen LogP contribution in [0.5, 0.6) is 0 Å². The zero-order valence-corrected chi connectivity index (χ0v) is 12.8. The average molecular weight is 290 g/mol. The molecule has 0 atom stereocenters. The molecular formula is C20H18O2. The fourth-order valence-electron chi connectivity index (χ4n) is 2.85. The van der Waals surface area contributed by atoms with Crippen LogP contribution in [0.1, 0.15) is 18.1 Å². The number of hydrogen-bond acceptors (Lipinski definition) is 2. The second-order valence-corrected chi connectivity index (χ2v) is 5.55. The van der Waals surface area contributed by atoms with E-state index in [1.165, 1.54) is 16.3 Å². The van der Waals surface area contributed by atoms with Crippen molar-refractivity contribution in [3.8, 4) is 0 Å². The Morgan fingerprint density at radius 3 is 1.86 bits per heavy atom. The Balaban J connectivity index is 2.23. The Morgan fingerprint density at radius 1 is 0.955 bits per heavy atom. The molecule has 110 valence electrons. The third kappa shape index (κ3) is 2.37. The molecule has 0 bridgehead atoms. The molecule has 3 aromatic rings. The van der Waals surface area contributed by atoms with Gasteiger partial charge in [-0.05, 0) is 41.0 Å².